The predicted molar refractivity (Wildman–Crippen MR) is 36.4 cm³/mol. The summed E-state index contributed by atoms with van der Waals surface area (Å²) < 4.78 is 0. The summed E-state index contributed by atoms with van der Waals surface area (Å²) in [5.41, 5.74) is -1.17. The van der Waals surface area contributed by atoms with Crippen LogP contribution in [0.2, 0.25) is 5.15 Å². The number of pyridine rings is 1. The molecule has 0 aliphatic heterocycles. The zero-order valence-electron chi connectivity index (χ0n) is 5.26. The van der Waals surface area contributed by atoms with Crippen LogP contribution in [0, 0.1) is 0 Å². The van der Waals surface area contributed by atoms with Crippen LogP contribution in [0.4, 0.5) is 0 Å². The molecule has 1 rings (SSSR count). The molecule has 0 bridgehead atoms. The standard InChI is InChI=1S/C6H4ClNO3/c7-4-2-1-3(6(10)11)5(9)8-4/h1-2H,(H,8,9)(H,10,11)/p-1. The Bertz CT molecular complexity index is 344. The third-order valence-electron chi connectivity index (χ3n) is 1.09. The van der Waals surface area contributed by atoms with Gasteiger partial charge in [-0.15, -0.1) is 0 Å². The number of halogens is 1. The largest absolute Gasteiger partial charge is 0.545 e. The molecule has 58 valence electrons. The first kappa shape index (κ1) is 7.81. The quantitative estimate of drug-likeness (QED) is 0.575. The molecule has 11 heavy (non-hydrogen) atoms. The fourth-order valence-electron chi connectivity index (χ4n) is 0.610. The Morgan fingerprint density at radius 3 is 2.64 bits per heavy atom. The molecule has 0 spiro atoms. The van der Waals surface area contributed by atoms with Gasteiger partial charge >= 0.3 is 0 Å². The number of carboxylic acid groups (broad SMARTS) is 1. The molecule has 0 aliphatic carbocycles. The van der Waals surface area contributed by atoms with E-state index in [9.17, 15) is 14.7 Å². The minimum Gasteiger partial charge on any atom is -0.545 e. The maximum Gasteiger partial charge on any atom is 0.258 e. The highest BCUT2D eigenvalue weighted by atomic mass is 35.5. The first-order chi connectivity index (χ1) is 5.11. The van der Waals surface area contributed by atoms with E-state index in [1.165, 1.54) is 6.07 Å². The number of carbonyl (C=O) groups excluding carboxylic acids is 1. The smallest absolute Gasteiger partial charge is 0.258 e. The van der Waals surface area contributed by atoms with Gasteiger partial charge in [0.2, 0.25) is 0 Å². The van der Waals surface area contributed by atoms with E-state index >= 15 is 0 Å². The van der Waals surface area contributed by atoms with E-state index in [4.69, 9.17) is 11.6 Å². The zero-order valence-corrected chi connectivity index (χ0v) is 6.01. The second kappa shape index (κ2) is 2.75. The minimum absolute atomic E-state index is 0.0972. The number of carbonyl (C=O) groups is 1. The van der Waals surface area contributed by atoms with Crippen LogP contribution in [0.15, 0.2) is 16.9 Å². The summed E-state index contributed by atoms with van der Waals surface area (Å²) in [5.74, 6) is -1.51. The molecule has 1 N–H and O–H groups in total. The lowest BCUT2D eigenvalue weighted by Gasteiger charge is -1.98. The maximum atomic E-state index is 10.7. The third-order valence-corrected chi connectivity index (χ3v) is 1.31. The van der Waals surface area contributed by atoms with Crippen molar-refractivity contribution in [2.45, 2.75) is 0 Å². The number of hydrogen-bond donors (Lipinski definition) is 1. The van der Waals surface area contributed by atoms with Crippen LogP contribution in [0.3, 0.4) is 0 Å². The summed E-state index contributed by atoms with van der Waals surface area (Å²) in [7, 11) is 0. The number of H-pyrrole nitrogens is 1. The van der Waals surface area contributed by atoms with E-state index in [0.717, 1.165) is 6.07 Å². The molecule has 0 aliphatic rings. The van der Waals surface area contributed by atoms with Crippen molar-refractivity contribution in [3.8, 4) is 0 Å². The molecule has 0 radical (unpaired) electrons. The van der Waals surface area contributed by atoms with Crippen molar-refractivity contribution in [3.05, 3.63) is 33.2 Å². The Hall–Kier alpha value is -1.29. The van der Waals surface area contributed by atoms with Crippen LogP contribution in [0.1, 0.15) is 10.4 Å². The molecule has 1 aromatic heterocycles. The average molecular weight is 173 g/mol. The van der Waals surface area contributed by atoms with Gasteiger partial charge in [0.1, 0.15) is 5.15 Å². The molecular formula is C6H3ClNO3-. The maximum absolute atomic E-state index is 10.7. The predicted octanol–water partition coefficient (Wildman–Crippen LogP) is -0.608. The Morgan fingerprint density at radius 2 is 2.18 bits per heavy atom. The molecule has 0 saturated heterocycles. The van der Waals surface area contributed by atoms with Crippen LogP contribution in [-0.4, -0.2) is 11.0 Å². The lowest BCUT2D eigenvalue weighted by Crippen LogP contribution is -2.29. The van der Waals surface area contributed by atoms with Crippen molar-refractivity contribution in [2.24, 2.45) is 0 Å². The Morgan fingerprint density at radius 1 is 1.55 bits per heavy atom. The minimum atomic E-state index is -1.51. The molecule has 0 fully saturated rings. The average Bonchev–Trinajstić information content (AvgIpc) is 1.85. The van der Waals surface area contributed by atoms with Crippen molar-refractivity contribution in [2.75, 3.05) is 0 Å². The lowest BCUT2D eigenvalue weighted by atomic mass is 10.3. The number of aromatic amines is 1. The molecule has 1 heterocycles. The molecule has 0 aromatic carbocycles. The highest BCUT2D eigenvalue weighted by Gasteiger charge is 1.98. The highest BCUT2D eigenvalue weighted by Crippen LogP contribution is 1.99. The fraction of sp³-hybridized carbons (Fsp3) is 0. The molecule has 0 atom stereocenters. The van der Waals surface area contributed by atoms with Gasteiger partial charge in [-0.1, -0.05) is 11.6 Å². The Balaban J connectivity index is 3.32. The first-order valence-electron chi connectivity index (χ1n) is 2.71. The summed E-state index contributed by atoms with van der Waals surface area (Å²) >= 11 is 5.35. The van der Waals surface area contributed by atoms with Crippen molar-refractivity contribution >= 4 is 17.6 Å². The number of aromatic nitrogens is 1. The van der Waals surface area contributed by atoms with E-state index < -0.39 is 17.1 Å². The van der Waals surface area contributed by atoms with Gasteiger partial charge in [0, 0.05) is 0 Å². The Kier molecular flexibility index (Phi) is 1.96. The van der Waals surface area contributed by atoms with E-state index in [1.807, 2.05) is 0 Å². The molecule has 1 aromatic rings. The second-order valence-corrected chi connectivity index (χ2v) is 2.24. The number of hydrogen-bond acceptors (Lipinski definition) is 3. The molecular weight excluding hydrogens is 170 g/mol. The number of rotatable bonds is 1. The van der Waals surface area contributed by atoms with Crippen LogP contribution < -0.4 is 10.7 Å². The van der Waals surface area contributed by atoms with Crippen LogP contribution in [-0.2, 0) is 0 Å². The van der Waals surface area contributed by atoms with Crippen molar-refractivity contribution in [1.82, 2.24) is 4.98 Å². The summed E-state index contributed by atoms with van der Waals surface area (Å²) in [6.45, 7) is 0. The van der Waals surface area contributed by atoms with E-state index in [2.05, 4.69) is 4.98 Å². The van der Waals surface area contributed by atoms with Gasteiger partial charge < -0.3 is 14.9 Å². The molecule has 0 amide bonds. The summed E-state index contributed by atoms with van der Waals surface area (Å²) in [5, 5.41) is 10.3. The van der Waals surface area contributed by atoms with Crippen molar-refractivity contribution in [3.63, 3.8) is 0 Å². The molecule has 0 saturated carbocycles. The van der Waals surface area contributed by atoms with E-state index in [1.54, 1.807) is 0 Å². The van der Waals surface area contributed by atoms with Gasteiger partial charge in [-0.2, -0.15) is 0 Å². The SMILES string of the molecule is O=C([O-])c1ccc(Cl)[nH]c1=O. The van der Waals surface area contributed by atoms with E-state index in [0.29, 0.717) is 0 Å². The van der Waals surface area contributed by atoms with Crippen molar-refractivity contribution < 1.29 is 9.90 Å². The third kappa shape index (κ3) is 1.59. The molecule has 4 nitrogen and oxygen atoms in total. The van der Waals surface area contributed by atoms with Gasteiger partial charge in [0.15, 0.2) is 0 Å². The Labute approximate surface area is 66.4 Å². The lowest BCUT2D eigenvalue weighted by molar-refractivity contribution is -0.255. The summed E-state index contributed by atoms with van der Waals surface area (Å²) in [6, 6.07) is 2.37. The number of carboxylic acids is 1. The first-order valence-corrected chi connectivity index (χ1v) is 3.09. The fourth-order valence-corrected chi connectivity index (χ4v) is 0.759. The number of aromatic carboxylic acids is 1. The second-order valence-electron chi connectivity index (χ2n) is 1.84. The normalized spacial score (nSPS) is 9.55. The van der Waals surface area contributed by atoms with E-state index in [-0.39, 0.29) is 5.15 Å². The highest BCUT2D eigenvalue weighted by molar-refractivity contribution is 6.29. The van der Waals surface area contributed by atoms with Gasteiger partial charge in [-0.3, -0.25) is 4.79 Å². The number of nitrogens with one attached hydrogen (secondary N) is 1. The van der Waals surface area contributed by atoms with Crippen LogP contribution >= 0.6 is 11.6 Å². The zero-order chi connectivity index (χ0) is 8.43. The van der Waals surface area contributed by atoms with Crippen LogP contribution in [0.5, 0.6) is 0 Å². The van der Waals surface area contributed by atoms with Gasteiger partial charge in [-0.05, 0) is 12.1 Å². The van der Waals surface area contributed by atoms with Crippen molar-refractivity contribution in [1.29, 1.82) is 0 Å². The van der Waals surface area contributed by atoms with Gasteiger partial charge in [0.05, 0.1) is 11.5 Å². The monoisotopic (exact) mass is 172 g/mol. The van der Waals surface area contributed by atoms with Gasteiger partial charge in [0.25, 0.3) is 5.56 Å². The summed E-state index contributed by atoms with van der Waals surface area (Å²) in [6.07, 6.45) is 0. The van der Waals surface area contributed by atoms with Crippen LogP contribution in [0.25, 0.3) is 0 Å². The molecule has 5 heteroatoms. The van der Waals surface area contributed by atoms with Gasteiger partial charge in [-0.25, -0.2) is 0 Å². The summed E-state index contributed by atoms with van der Waals surface area (Å²) in [4.78, 5) is 23.0. The molecule has 0 unspecified atom stereocenters. The topological polar surface area (TPSA) is 73.0 Å².